The summed E-state index contributed by atoms with van der Waals surface area (Å²) in [7, 11) is 0. The van der Waals surface area contributed by atoms with Crippen LogP contribution in [0.1, 0.15) is 0 Å². The van der Waals surface area contributed by atoms with Crippen LogP contribution in [-0.2, 0) is 0 Å². The molecule has 0 saturated carbocycles. The zero-order chi connectivity index (χ0) is 13.4. The van der Waals surface area contributed by atoms with Crippen LogP contribution in [0.5, 0.6) is 0 Å². The molecule has 1 heterocycles. The van der Waals surface area contributed by atoms with Gasteiger partial charge in [0.1, 0.15) is 11.3 Å². The van der Waals surface area contributed by atoms with Crippen LogP contribution in [0.4, 0.5) is 21.8 Å². The van der Waals surface area contributed by atoms with Crippen molar-refractivity contribution >= 4 is 40.1 Å². The van der Waals surface area contributed by atoms with Crippen molar-refractivity contribution in [3.63, 3.8) is 0 Å². The summed E-state index contributed by atoms with van der Waals surface area (Å²) in [6.45, 7) is 0. The van der Waals surface area contributed by atoms with Crippen molar-refractivity contribution in [1.82, 2.24) is 4.98 Å². The number of aromatic nitrogens is 1. The van der Waals surface area contributed by atoms with Crippen LogP contribution < -0.4 is 11.1 Å². The zero-order valence-corrected chi connectivity index (χ0v) is 10.4. The number of fused-ring (bicyclic) bond motifs is 1. The molecule has 1 aromatic heterocycles. The molecular weight excluding hydrogens is 269 g/mol. The van der Waals surface area contributed by atoms with Crippen LogP contribution in [0.3, 0.4) is 0 Å². The standard InChI is InChI=1S/C13H9ClFN3O/c14-9-3-2-8(6-10(9)15)17-13-18-11-5-7(16)1-4-12(11)19-13/h1-6H,16H2,(H,17,18). The Balaban J connectivity index is 1.94. The van der Waals surface area contributed by atoms with Gasteiger partial charge in [0.15, 0.2) is 5.58 Å². The molecule has 0 bridgehead atoms. The van der Waals surface area contributed by atoms with Gasteiger partial charge in [0.05, 0.1) is 5.02 Å². The minimum absolute atomic E-state index is 0.0656. The Morgan fingerprint density at radius 2 is 2.05 bits per heavy atom. The molecule has 0 aliphatic rings. The first-order valence-corrected chi connectivity index (χ1v) is 5.88. The van der Waals surface area contributed by atoms with Crippen molar-refractivity contribution in [3.8, 4) is 0 Å². The highest BCUT2D eigenvalue weighted by atomic mass is 35.5. The molecule has 0 fully saturated rings. The normalized spacial score (nSPS) is 10.8. The predicted molar refractivity (Wildman–Crippen MR) is 73.1 cm³/mol. The van der Waals surface area contributed by atoms with Gasteiger partial charge in [0, 0.05) is 11.4 Å². The lowest BCUT2D eigenvalue weighted by Crippen LogP contribution is -1.91. The maximum atomic E-state index is 13.3. The summed E-state index contributed by atoms with van der Waals surface area (Å²) in [6.07, 6.45) is 0. The molecule has 0 aliphatic heterocycles. The number of halogens is 2. The van der Waals surface area contributed by atoms with Crippen molar-refractivity contribution in [2.75, 3.05) is 11.1 Å². The summed E-state index contributed by atoms with van der Waals surface area (Å²) >= 11 is 5.61. The highest BCUT2D eigenvalue weighted by molar-refractivity contribution is 6.30. The van der Waals surface area contributed by atoms with Gasteiger partial charge in [0.2, 0.25) is 0 Å². The second-order valence-corrected chi connectivity index (χ2v) is 4.41. The van der Waals surface area contributed by atoms with Gasteiger partial charge in [-0.1, -0.05) is 11.6 Å². The van der Waals surface area contributed by atoms with Crippen LogP contribution in [0.25, 0.3) is 11.1 Å². The molecule has 3 N–H and O–H groups in total. The molecule has 4 nitrogen and oxygen atoms in total. The molecule has 0 amide bonds. The topological polar surface area (TPSA) is 64.1 Å². The van der Waals surface area contributed by atoms with E-state index >= 15 is 0 Å². The molecule has 19 heavy (non-hydrogen) atoms. The lowest BCUT2D eigenvalue weighted by atomic mass is 10.3. The fourth-order valence-corrected chi connectivity index (χ4v) is 1.81. The smallest absolute Gasteiger partial charge is 0.300 e. The van der Waals surface area contributed by atoms with Gasteiger partial charge >= 0.3 is 0 Å². The van der Waals surface area contributed by atoms with Gasteiger partial charge in [-0.15, -0.1) is 0 Å². The molecule has 0 unspecified atom stereocenters. The van der Waals surface area contributed by atoms with Gasteiger partial charge in [-0.05, 0) is 36.4 Å². The van der Waals surface area contributed by atoms with Gasteiger partial charge in [-0.3, -0.25) is 0 Å². The zero-order valence-electron chi connectivity index (χ0n) is 9.65. The Morgan fingerprint density at radius 3 is 2.84 bits per heavy atom. The van der Waals surface area contributed by atoms with E-state index in [1.54, 1.807) is 24.3 Å². The highest BCUT2D eigenvalue weighted by Crippen LogP contribution is 2.25. The van der Waals surface area contributed by atoms with E-state index in [2.05, 4.69) is 10.3 Å². The summed E-state index contributed by atoms with van der Waals surface area (Å²) in [5.41, 5.74) is 8.00. The average molecular weight is 278 g/mol. The van der Waals surface area contributed by atoms with E-state index in [0.29, 0.717) is 22.5 Å². The Morgan fingerprint density at radius 1 is 1.21 bits per heavy atom. The van der Waals surface area contributed by atoms with E-state index < -0.39 is 5.82 Å². The van der Waals surface area contributed by atoms with Crippen LogP contribution in [-0.4, -0.2) is 4.98 Å². The lowest BCUT2D eigenvalue weighted by molar-refractivity contribution is 0.620. The second-order valence-electron chi connectivity index (χ2n) is 4.00. The molecule has 0 atom stereocenters. The van der Waals surface area contributed by atoms with Gasteiger partial charge in [0.25, 0.3) is 6.01 Å². The number of benzene rings is 2. The third-order valence-corrected chi connectivity index (χ3v) is 2.89. The first kappa shape index (κ1) is 11.8. The molecule has 2 aromatic carbocycles. The fourth-order valence-electron chi connectivity index (χ4n) is 1.70. The van der Waals surface area contributed by atoms with E-state index in [9.17, 15) is 4.39 Å². The predicted octanol–water partition coefficient (Wildman–Crippen LogP) is 3.95. The van der Waals surface area contributed by atoms with E-state index in [4.69, 9.17) is 21.8 Å². The molecule has 0 saturated heterocycles. The second kappa shape index (κ2) is 4.44. The van der Waals surface area contributed by atoms with Crippen molar-refractivity contribution in [2.45, 2.75) is 0 Å². The van der Waals surface area contributed by atoms with Crippen molar-refractivity contribution < 1.29 is 8.81 Å². The third-order valence-electron chi connectivity index (χ3n) is 2.58. The maximum Gasteiger partial charge on any atom is 0.300 e. The van der Waals surface area contributed by atoms with Crippen LogP contribution >= 0.6 is 11.6 Å². The number of oxazole rings is 1. The summed E-state index contributed by atoms with van der Waals surface area (Å²) in [6, 6.07) is 9.78. The molecule has 6 heteroatoms. The van der Waals surface area contributed by atoms with Gasteiger partial charge < -0.3 is 15.5 Å². The Labute approximate surface area is 113 Å². The SMILES string of the molecule is Nc1ccc2oc(Nc3ccc(Cl)c(F)c3)nc2c1. The largest absolute Gasteiger partial charge is 0.423 e. The van der Waals surface area contributed by atoms with E-state index in [1.165, 1.54) is 12.1 Å². The van der Waals surface area contributed by atoms with E-state index in [-0.39, 0.29) is 11.0 Å². The minimum Gasteiger partial charge on any atom is -0.423 e. The number of anilines is 3. The Hall–Kier alpha value is -2.27. The molecule has 0 aliphatic carbocycles. The van der Waals surface area contributed by atoms with Gasteiger partial charge in [-0.25, -0.2) is 4.39 Å². The number of nitrogens with zero attached hydrogens (tertiary/aromatic N) is 1. The lowest BCUT2D eigenvalue weighted by Gasteiger charge is -2.01. The quantitative estimate of drug-likeness (QED) is 0.696. The number of hydrogen-bond donors (Lipinski definition) is 2. The Kier molecular flexibility index (Phi) is 2.76. The number of nitrogens with two attached hydrogens (primary N) is 1. The van der Waals surface area contributed by atoms with Crippen LogP contribution in [0.15, 0.2) is 40.8 Å². The van der Waals surface area contributed by atoms with Gasteiger partial charge in [-0.2, -0.15) is 4.98 Å². The minimum atomic E-state index is -0.507. The van der Waals surface area contributed by atoms with E-state index in [1.807, 2.05) is 0 Å². The number of hydrogen-bond acceptors (Lipinski definition) is 4. The molecule has 96 valence electrons. The first-order chi connectivity index (χ1) is 9.11. The fraction of sp³-hybridized carbons (Fsp3) is 0. The number of rotatable bonds is 2. The first-order valence-electron chi connectivity index (χ1n) is 5.50. The molecule has 0 radical (unpaired) electrons. The van der Waals surface area contributed by atoms with Crippen LogP contribution in [0.2, 0.25) is 5.02 Å². The van der Waals surface area contributed by atoms with Crippen LogP contribution in [0, 0.1) is 5.82 Å². The maximum absolute atomic E-state index is 13.3. The highest BCUT2D eigenvalue weighted by Gasteiger charge is 2.07. The molecule has 3 rings (SSSR count). The van der Waals surface area contributed by atoms with Crippen molar-refractivity contribution in [3.05, 3.63) is 47.2 Å². The third kappa shape index (κ3) is 2.32. The number of nitrogens with one attached hydrogen (secondary N) is 1. The summed E-state index contributed by atoms with van der Waals surface area (Å²) < 4.78 is 18.8. The van der Waals surface area contributed by atoms with Crippen molar-refractivity contribution in [2.24, 2.45) is 0 Å². The molecular formula is C13H9ClFN3O. The summed E-state index contributed by atoms with van der Waals surface area (Å²) in [4.78, 5) is 4.21. The summed E-state index contributed by atoms with van der Waals surface area (Å²) in [5.74, 6) is -0.507. The summed E-state index contributed by atoms with van der Waals surface area (Å²) in [5, 5.41) is 2.93. The molecule has 0 spiro atoms. The molecule has 3 aromatic rings. The monoisotopic (exact) mass is 277 g/mol. The van der Waals surface area contributed by atoms with Crippen molar-refractivity contribution in [1.29, 1.82) is 0 Å². The Bertz CT molecular complexity index is 757. The number of nitrogen functional groups attached to an aromatic ring is 1. The van der Waals surface area contributed by atoms with E-state index in [0.717, 1.165) is 0 Å². The average Bonchev–Trinajstić information content (AvgIpc) is 2.75.